The van der Waals surface area contributed by atoms with E-state index in [1.165, 1.54) is 125 Å². The molecule has 28 nitrogen and oxygen atoms in total. The van der Waals surface area contributed by atoms with Crippen molar-refractivity contribution in [2.45, 2.75) is 117 Å². The average molecular weight is 1550 g/mol. The van der Waals surface area contributed by atoms with Crippen LogP contribution in [-0.4, -0.2) is 156 Å². The molecule has 2 aliphatic rings. The van der Waals surface area contributed by atoms with Crippen molar-refractivity contribution >= 4 is 119 Å². The third-order valence-corrected chi connectivity index (χ3v) is 14.6. The molecular formula is C73H74Cl5N15O13. The van der Waals surface area contributed by atoms with Crippen LogP contribution in [0.2, 0.25) is 25.1 Å². The first-order valence-corrected chi connectivity index (χ1v) is 34.5. The fourth-order valence-corrected chi connectivity index (χ4v) is 9.21. The molecule has 0 radical (unpaired) electrons. The second-order valence-corrected chi connectivity index (χ2v) is 25.2. The fourth-order valence-electron chi connectivity index (χ4n) is 8.26. The van der Waals surface area contributed by atoms with Gasteiger partial charge in [-0.25, -0.2) is 72.3 Å². The van der Waals surface area contributed by atoms with Crippen LogP contribution >= 0.6 is 58.0 Å². The Labute approximate surface area is 634 Å². The van der Waals surface area contributed by atoms with Crippen LogP contribution < -0.4 is 0 Å². The van der Waals surface area contributed by atoms with Crippen LogP contribution in [0.3, 0.4) is 0 Å². The van der Waals surface area contributed by atoms with Gasteiger partial charge in [-0.2, -0.15) is 0 Å². The topological polar surface area (TPSA) is 346 Å². The van der Waals surface area contributed by atoms with Crippen molar-refractivity contribution in [2.24, 2.45) is 0 Å². The molecule has 106 heavy (non-hydrogen) atoms. The SMILES string of the molecule is CC(C)OC(=O)/C=C\n1cnc(-c2cccc(Cl)c2)n1.CC(C)OC(=O)/C=C\n1cnc(-c2cccc(Cl)c2)n1.CC(O)OC(=O)/C=C\n1cnc(-c2cccc(Cl)c2)n1.CC(O)OC(=O)/C=C\n1cnc(-c2cccc(Cl)c2)n1.O=C(/C=C\n1cnc(-c2cccc(Cl)c2)n1)OC1CCC1.OC1CCC1. The molecule has 2 unspecified atom stereocenters. The number of hydrogen-bond acceptors (Lipinski definition) is 23. The molecule has 33 heteroatoms. The largest absolute Gasteiger partial charge is 0.460 e. The Balaban J connectivity index is 0.000000182. The lowest BCUT2D eigenvalue weighted by atomic mass is 9.96. The number of ether oxygens (including phenoxy) is 5. The fraction of sp³-hybridized carbons (Fsp3) is 0.247. The molecule has 2 saturated carbocycles. The summed E-state index contributed by atoms with van der Waals surface area (Å²) in [5.41, 5.74) is 4.00. The highest BCUT2D eigenvalue weighted by Gasteiger charge is 2.21. The Kier molecular flexibility index (Phi) is 33.3. The number of carbonyl (C=O) groups is 5. The number of aliphatic hydroxyl groups is 3. The van der Waals surface area contributed by atoms with Gasteiger partial charge in [-0.1, -0.05) is 119 Å². The first kappa shape index (κ1) is 82.5. The lowest BCUT2D eigenvalue weighted by Crippen LogP contribution is -2.24. The first-order valence-electron chi connectivity index (χ1n) is 32.6. The van der Waals surface area contributed by atoms with Crippen molar-refractivity contribution in [3.05, 3.63) is 208 Å². The molecule has 5 aromatic carbocycles. The predicted molar refractivity (Wildman–Crippen MR) is 401 cm³/mol. The molecule has 0 saturated heterocycles. The molecule has 0 amide bonds. The van der Waals surface area contributed by atoms with Crippen molar-refractivity contribution in [3.8, 4) is 56.9 Å². The molecule has 12 rings (SSSR count). The Bertz CT molecular complexity index is 4200. The molecule has 2 aliphatic carbocycles. The molecule has 2 fully saturated rings. The van der Waals surface area contributed by atoms with Crippen LogP contribution in [0.4, 0.5) is 0 Å². The third-order valence-electron chi connectivity index (χ3n) is 13.5. The Morgan fingerprint density at radius 2 is 0.604 bits per heavy atom. The molecule has 5 aromatic heterocycles. The number of hydrogen-bond donors (Lipinski definition) is 3. The quantitative estimate of drug-likeness (QED) is 0.0276. The van der Waals surface area contributed by atoms with Gasteiger partial charge in [0, 0.05) is 114 Å². The minimum atomic E-state index is -1.15. The van der Waals surface area contributed by atoms with Gasteiger partial charge < -0.3 is 39.0 Å². The van der Waals surface area contributed by atoms with Gasteiger partial charge >= 0.3 is 29.8 Å². The van der Waals surface area contributed by atoms with Gasteiger partial charge in [0.2, 0.25) is 0 Å². The smallest absolute Gasteiger partial charge is 0.334 e. The lowest BCUT2D eigenvalue weighted by molar-refractivity contribution is -0.159. The molecule has 5 heterocycles. The molecule has 554 valence electrons. The summed E-state index contributed by atoms with van der Waals surface area (Å²) >= 11 is 29.5. The second-order valence-electron chi connectivity index (χ2n) is 23.0. The van der Waals surface area contributed by atoms with Gasteiger partial charge in [-0.05, 0) is 141 Å². The first-order chi connectivity index (χ1) is 50.8. The van der Waals surface area contributed by atoms with Gasteiger partial charge in [-0.15, -0.1) is 25.5 Å². The van der Waals surface area contributed by atoms with Crippen molar-refractivity contribution in [3.63, 3.8) is 0 Å². The molecule has 2 atom stereocenters. The highest BCUT2D eigenvalue weighted by Crippen LogP contribution is 2.25. The summed E-state index contributed by atoms with van der Waals surface area (Å²) in [6, 6.07) is 36.0. The van der Waals surface area contributed by atoms with Crippen molar-refractivity contribution in [2.75, 3.05) is 0 Å². The van der Waals surface area contributed by atoms with Gasteiger partial charge in [-0.3, -0.25) is 0 Å². The number of aliphatic hydroxyl groups excluding tert-OH is 3. The van der Waals surface area contributed by atoms with Crippen molar-refractivity contribution < 1.29 is 63.0 Å². The minimum Gasteiger partial charge on any atom is -0.460 e. The van der Waals surface area contributed by atoms with E-state index < -0.39 is 36.5 Å². The monoisotopic (exact) mass is 1540 g/mol. The van der Waals surface area contributed by atoms with Crippen LogP contribution in [0.25, 0.3) is 87.9 Å². The van der Waals surface area contributed by atoms with Crippen LogP contribution in [0.15, 0.2) is 183 Å². The molecule has 0 spiro atoms. The van der Waals surface area contributed by atoms with E-state index in [1.807, 2.05) is 48.5 Å². The summed E-state index contributed by atoms with van der Waals surface area (Å²) < 4.78 is 31.3. The molecule has 0 aliphatic heterocycles. The van der Waals surface area contributed by atoms with E-state index in [4.69, 9.17) is 87.5 Å². The lowest BCUT2D eigenvalue weighted by Gasteiger charge is -2.24. The predicted octanol–water partition coefficient (Wildman–Crippen LogP) is 13.6. The van der Waals surface area contributed by atoms with E-state index in [-0.39, 0.29) is 30.4 Å². The molecular weight excluding hydrogens is 1470 g/mol. The number of rotatable bonds is 20. The summed E-state index contributed by atoms with van der Waals surface area (Å²) in [5.74, 6) is 0.0825. The normalized spacial score (nSPS) is 13.2. The number of benzene rings is 5. The zero-order valence-corrected chi connectivity index (χ0v) is 61.7. The summed E-state index contributed by atoms with van der Waals surface area (Å²) in [6.45, 7) is 9.85. The number of esters is 5. The zero-order chi connectivity index (χ0) is 76.5. The van der Waals surface area contributed by atoms with E-state index >= 15 is 0 Å². The summed E-state index contributed by atoms with van der Waals surface area (Å²) in [6.07, 6.45) is 24.9. The van der Waals surface area contributed by atoms with Gasteiger partial charge in [0.05, 0.1) is 18.3 Å². The maximum Gasteiger partial charge on any atom is 0.334 e. The van der Waals surface area contributed by atoms with E-state index in [0.29, 0.717) is 54.2 Å². The van der Waals surface area contributed by atoms with Crippen LogP contribution in [0.5, 0.6) is 0 Å². The molecule has 10 aromatic rings. The number of aromatic nitrogens is 15. The van der Waals surface area contributed by atoms with Gasteiger partial charge in [0.1, 0.15) is 37.7 Å². The third kappa shape index (κ3) is 30.5. The Hall–Kier alpha value is -10.8. The summed E-state index contributed by atoms with van der Waals surface area (Å²) in [5, 5.41) is 50.3. The molecule has 0 bridgehead atoms. The number of halogens is 5. The summed E-state index contributed by atoms with van der Waals surface area (Å²) in [7, 11) is 0. The van der Waals surface area contributed by atoms with Crippen LogP contribution in [-0.2, 0) is 47.7 Å². The standard InChI is InChI=1S/C15H14ClN3O2.2C14H14ClN3O2.2C13H12ClN3O3.C4H8O/c16-12-4-1-3-11(9-12)15-17-10-19(18-15)8-7-14(20)21-13-5-2-6-13;2*1-10(2)20-13(19)6-7-18-9-16-14(17-18)11-4-3-5-12(15)8-11;2*1-9(18)20-12(19)5-6-17-8-15-13(16-17)10-3-2-4-11(14)7-10;5-4-2-1-3-4/h1,3-4,7-10,13H,2,5-6H2;2*3-10H,1-2H3;2*2-9,18H,1H3;4-5H,1-3H2/b8-7-;2*7-6-;2*6-5-;. The average Bonchev–Trinajstić information content (AvgIpc) is 1.72. The van der Waals surface area contributed by atoms with E-state index in [9.17, 15) is 24.0 Å². The Morgan fingerprint density at radius 1 is 0.377 bits per heavy atom. The van der Waals surface area contributed by atoms with E-state index in [1.54, 1.807) is 100 Å². The van der Waals surface area contributed by atoms with E-state index in [0.717, 1.165) is 72.1 Å². The maximum atomic E-state index is 11.6. The Morgan fingerprint density at radius 3 is 0.792 bits per heavy atom. The number of carbonyl (C=O) groups excluding carboxylic acids is 5. The van der Waals surface area contributed by atoms with Gasteiger partial charge in [0.25, 0.3) is 0 Å². The van der Waals surface area contributed by atoms with Gasteiger partial charge in [0.15, 0.2) is 41.7 Å². The van der Waals surface area contributed by atoms with Crippen LogP contribution in [0.1, 0.15) is 80.1 Å². The number of nitrogens with zero attached hydrogens (tertiary/aromatic N) is 15. The van der Waals surface area contributed by atoms with Crippen molar-refractivity contribution in [1.29, 1.82) is 0 Å². The molecule has 3 N–H and O–H groups in total. The van der Waals surface area contributed by atoms with Crippen LogP contribution in [0, 0.1) is 0 Å². The maximum absolute atomic E-state index is 11.6. The highest BCUT2D eigenvalue weighted by atomic mass is 35.5. The minimum absolute atomic E-state index is 0.0648. The second kappa shape index (κ2) is 42.8. The highest BCUT2D eigenvalue weighted by molar-refractivity contribution is 6.32. The van der Waals surface area contributed by atoms with E-state index in [2.05, 4.69) is 59.9 Å². The zero-order valence-electron chi connectivity index (χ0n) is 57.9. The van der Waals surface area contributed by atoms with Crippen molar-refractivity contribution in [1.82, 2.24) is 73.8 Å². The summed E-state index contributed by atoms with van der Waals surface area (Å²) in [4.78, 5) is 77.4.